The lowest BCUT2D eigenvalue weighted by Crippen LogP contribution is -2.46. The Morgan fingerprint density at radius 1 is 1.09 bits per heavy atom. The molecule has 2 N–H and O–H groups in total. The zero-order valence-electron chi connectivity index (χ0n) is 27.0. The molecule has 3 aromatic carbocycles. The third kappa shape index (κ3) is 6.91. The van der Waals surface area contributed by atoms with E-state index in [1.165, 1.54) is 11.6 Å². The highest BCUT2D eigenvalue weighted by Gasteiger charge is 2.56. The normalized spacial score (nSPS) is 25.0. The lowest BCUT2D eigenvalue weighted by molar-refractivity contribution is -0.0422. The van der Waals surface area contributed by atoms with Crippen molar-refractivity contribution in [3.63, 3.8) is 0 Å². The standard InChI is InChI=1S/C38H41F2NO4S2/c1-4-45-27-11-14-33-34(21-27)47-36(41-33)46-22-38(44)17-15-30-28-12-8-24(18-26(42)10-7-23(2)6-5-16-37(30,38)3)19-29(28)35(43)25-9-13-31(39)32(40)20-25/h6,8-9,11-14,19-21,26,30,42,44H,4-5,7,10,15-18,22H2,1-3H3. The number of thiazole rings is 1. The Morgan fingerprint density at radius 2 is 1.91 bits per heavy atom. The van der Waals surface area contributed by atoms with Crippen molar-refractivity contribution in [2.45, 2.75) is 87.7 Å². The van der Waals surface area contributed by atoms with Crippen molar-refractivity contribution in [1.29, 1.82) is 0 Å². The van der Waals surface area contributed by atoms with Crippen LogP contribution >= 0.6 is 23.1 Å². The number of fused-ring (bicyclic) bond motifs is 9. The summed E-state index contributed by atoms with van der Waals surface area (Å²) < 4.78 is 35.7. The van der Waals surface area contributed by atoms with E-state index < -0.39 is 34.5 Å². The third-order valence-electron chi connectivity index (χ3n) is 10.2. The fraction of sp³-hybridized carbons (Fsp3) is 0.421. The Bertz CT molecular complexity index is 1820. The van der Waals surface area contributed by atoms with Crippen LogP contribution in [-0.4, -0.2) is 45.0 Å². The van der Waals surface area contributed by atoms with E-state index in [0.29, 0.717) is 50.0 Å². The van der Waals surface area contributed by atoms with Gasteiger partial charge in [0.1, 0.15) is 5.75 Å². The average Bonchev–Trinajstić information content (AvgIpc) is 3.57. The summed E-state index contributed by atoms with van der Waals surface area (Å²) in [5.41, 5.74) is 2.51. The Labute approximate surface area is 283 Å². The third-order valence-corrected chi connectivity index (χ3v) is 12.6. The number of rotatable bonds is 7. The largest absolute Gasteiger partial charge is 0.494 e. The average molecular weight is 678 g/mol. The van der Waals surface area contributed by atoms with E-state index in [1.807, 2.05) is 37.3 Å². The maximum Gasteiger partial charge on any atom is 0.193 e. The molecule has 4 aromatic rings. The van der Waals surface area contributed by atoms with E-state index in [2.05, 4.69) is 19.9 Å². The zero-order chi connectivity index (χ0) is 33.3. The number of thioether (sulfide) groups is 1. The van der Waals surface area contributed by atoms with Crippen LogP contribution in [0.5, 0.6) is 5.75 Å². The van der Waals surface area contributed by atoms with Crippen LogP contribution in [0.4, 0.5) is 8.78 Å². The van der Waals surface area contributed by atoms with E-state index in [1.54, 1.807) is 29.2 Å². The highest BCUT2D eigenvalue weighted by molar-refractivity contribution is 8.01. The number of aliphatic hydroxyl groups is 2. The summed E-state index contributed by atoms with van der Waals surface area (Å²) in [6.45, 7) is 6.77. The Kier molecular flexibility index (Phi) is 9.91. The molecule has 5 nitrogen and oxygen atoms in total. The fourth-order valence-electron chi connectivity index (χ4n) is 7.35. The zero-order valence-corrected chi connectivity index (χ0v) is 28.7. The molecule has 1 saturated carbocycles. The first-order chi connectivity index (χ1) is 22.5. The van der Waals surface area contributed by atoms with Gasteiger partial charge in [0.2, 0.25) is 0 Å². The molecular weight excluding hydrogens is 637 g/mol. The van der Waals surface area contributed by atoms with Crippen LogP contribution in [0.2, 0.25) is 0 Å². The summed E-state index contributed by atoms with van der Waals surface area (Å²) in [4.78, 5) is 18.9. The van der Waals surface area contributed by atoms with Crippen LogP contribution in [0.25, 0.3) is 10.2 Å². The molecule has 248 valence electrons. The Hall–Kier alpha value is -3.11. The molecule has 4 unspecified atom stereocenters. The molecule has 4 atom stereocenters. The molecule has 0 aliphatic heterocycles. The number of allylic oxidation sites excluding steroid dienone is 2. The van der Waals surface area contributed by atoms with Gasteiger partial charge in [-0.3, -0.25) is 4.79 Å². The molecule has 0 saturated heterocycles. The van der Waals surface area contributed by atoms with Crippen molar-refractivity contribution in [3.05, 3.63) is 100 Å². The number of aliphatic hydroxyl groups excluding tert-OH is 1. The molecule has 3 aliphatic carbocycles. The maximum atomic E-state index is 14.3. The molecule has 0 radical (unpaired) electrons. The number of nitrogens with zero attached hydrogens (tertiary/aromatic N) is 1. The minimum Gasteiger partial charge on any atom is -0.494 e. The minimum atomic E-state index is -1.07. The van der Waals surface area contributed by atoms with Gasteiger partial charge in [0.25, 0.3) is 0 Å². The van der Waals surface area contributed by atoms with Crippen LogP contribution in [0.3, 0.4) is 0 Å². The number of carbonyl (C=O) groups excluding carboxylic acids is 1. The molecule has 7 rings (SSSR count). The number of hydrogen-bond acceptors (Lipinski definition) is 7. The maximum absolute atomic E-state index is 14.3. The Morgan fingerprint density at radius 3 is 2.70 bits per heavy atom. The van der Waals surface area contributed by atoms with Gasteiger partial charge in [-0.1, -0.05) is 42.5 Å². The lowest BCUT2D eigenvalue weighted by atomic mass is 9.65. The van der Waals surface area contributed by atoms with Crippen molar-refractivity contribution in [2.24, 2.45) is 5.41 Å². The number of benzene rings is 3. The molecule has 9 heteroatoms. The molecule has 1 fully saturated rings. The van der Waals surface area contributed by atoms with Crippen molar-refractivity contribution in [1.82, 2.24) is 4.98 Å². The van der Waals surface area contributed by atoms with Gasteiger partial charge in [-0.2, -0.15) is 0 Å². The quantitative estimate of drug-likeness (QED) is 0.115. The second-order valence-electron chi connectivity index (χ2n) is 13.2. The molecule has 1 aromatic heterocycles. The first-order valence-corrected chi connectivity index (χ1v) is 18.1. The van der Waals surface area contributed by atoms with Gasteiger partial charge in [0, 0.05) is 22.3 Å². The number of ether oxygens (including phenoxy) is 1. The molecule has 2 bridgehead atoms. The van der Waals surface area contributed by atoms with E-state index >= 15 is 0 Å². The van der Waals surface area contributed by atoms with Gasteiger partial charge in [-0.15, -0.1) is 11.3 Å². The number of ketones is 1. The summed E-state index contributed by atoms with van der Waals surface area (Å²) in [5, 5.41) is 23.4. The topological polar surface area (TPSA) is 79.7 Å². The van der Waals surface area contributed by atoms with Crippen molar-refractivity contribution in [2.75, 3.05) is 12.4 Å². The first kappa shape index (κ1) is 33.8. The molecule has 0 amide bonds. The molecule has 3 aliphatic rings. The van der Waals surface area contributed by atoms with Gasteiger partial charge >= 0.3 is 0 Å². The summed E-state index contributed by atoms with van der Waals surface area (Å²) in [6, 6.07) is 14.8. The lowest BCUT2D eigenvalue weighted by Gasteiger charge is -2.44. The van der Waals surface area contributed by atoms with Crippen molar-refractivity contribution < 1.29 is 28.5 Å². The molecule has 0 spiro atoms. The number of carbonyl (C=O) groups is 1. The second kappa shape index (κ2) is 13.8. The smallest absolute Gasteiger partial charge is 0.193 e. The first-order valence-electron chi connectivity index (χ1n) is 16.3. The summed E-state index contributed by atoms with van der Waals surface area (Å²) >= 11 is 3.15. The SMILES string of the molecule is CCOc1ccc2nc(SCC3(O)CCC4c5ccc(cc5C(=O)c5ccc(F)c(F)c5)CC(O)CCC(C)=CCCC43C)sc2c1. The summed E-state index contributed by atoms with van der Waals surface area (Å²) in [7, 11) is 0. The summed E-state index contributed by atoms with van der Waals surface area (Å²) in [5.74, 6) is -1.40. The van der Waals surface area contributed by atoms with Crippen LogP contribution in [0.1, 0.15) is 92.3 Å². The summed E-state index contributed by atoms with van der Waals surface area (Å²) in [6.07, 6.45) is 5.99. The van der Waals surface area contributed by atoms with Crippen LogP contribution in [-0.2, 0) is 6.42 Å². The number of hydrogen-bond donors (Lipinski definition) is 2. The van der Waals surface area contributed by atoms with Crippen LogP contribution < -0.4 is 4.74 Å². The van der Waals surface area contributed by atoms with Gasteiger partial charge in [0.15, 0.2) is 21.8 Å². The Balaban J connectivity index is 1.38. The van der Waals surface area contributed by atoms with Crippen LogP contribution in [0, 0.1) is 17.0 Å². The molecule has 1 heterocycles. The number of aromatic nitrogens is 1. The van der Waals surface area contributed by atoms with E-state index in [9.17, 15) is 23.8 Å². The van der Waals surface area contributed by atoms with Gasteiger partial charge in [-0.05, 0) is 118 Å². The fourth-order valence-corrected chi connectivity index (χ4v) is 9.76. The van der Waals surface area contributed by atoms with E-state index in [0.717, 1.165) is 56.4 Å². The van der Waals surface area contributed by atoms with Gasteiger partial charge < -0.3 is 14.9 Å². The second-order valence-corrected chi connectivity index (χ2v) is 15.5. The van der Waals surface area contributed by atoms with Gasteiger partial charge in [0.05, 0.1) is 28.5 Å². The van der Waals surface area contributed by atoms with Crippen molar-refractivity contribution in [3.8, 4) is 5.75 Å². The van der Waals surface area contributed by atoms with Gasteiger partial charge in [-0.25, -0.2) is 13.8 Å². The number of halogens is 2. The van der Waals surface area contributed by atoms with E-state index in [4.69, 9.17) is 9.72 Å². The predicted octanol–water partition coefficient (Wildman–Crippen LogP) is 9.04. The van der Waals surface area contributed by atoms with Crippen molar-refractivity contribution >= 4 is 39.1 Å². The monoisotopic (exact) mass is 677 g/mol. The minimum absolute atomic E-state index is 0.0661. The molecule has 47 heavy (non-hydrogen) atoms. The van der Waals surface area contributed by atoms with E-state index in [-0.39, 0.29) is 11.5 Å². The highest BCUT2D eigenvalue weighted by Crippen LogP contribution is 2.60. The molecular formula is C38H41F2NO4S2. The van der Waals surface area contributed by atoms with Crippen LogP contribution in [0.15, 0.2) is 70.6 Å². The predicted molar refractivity (Wildman–Crippen MR) is 185 cm³/mol. The highest BCUT2D eigenvalue weighted by atomic mass is 32.2.